The van der Waals surface area contributed by atoms with Gasteiger partial charge < -0.3 is 24.7 Å². The molecule has 2 aliphatic heterocycles. The molecule has 0 aliphatic carbocycles. The fraction of sp³-hybridized carbons (Fsp3) is 0.474. The molecule has 0 aromatic carbocycles. The zero-order valence-electron chi connectivity index (χ0n) is 16.5. The van der Waals surface area contributed by atoms with Crippen LogP contribution in [0.2, 0.25) is 0 Å². The number of nitrogens with zero attached hydrogens (tertiary/aromatic N) is 3. The summed E-state index contributed by atoms with van der Waals surface area (Å²) in [5, 5.41) is 19.2. The summed E-state index contributed by atoms with van der Waals surface area (Å²) >= 11 is 0. The SMILES string of the molecule is C[NH+]([O-])Nn1ccc(N2CCOCc3cc(C(=O)N4CCCCC4)[nH]c32)cc1=N. The highest BCUT2D eigenvalue weighted by molar-refractivity contribution is 5.94. The van der Waals surface area contributed by atoms with Crippen LogP contribution in [0.1, 0.15) is 35.3 Å². The standard InChI is InChI=1S/C19H27N7O3/c1-23(28)22-26-8-5-15(12-17(26)20)25-9-10-29-13-14-11-16(21-18(14)25)19(27)24-6-3-2-4-7-24/h5,8,11-12,20-23H,2-4,6-7,9-10,13H2,1H3. The minimum absolute atomic E-state index is 0.0236. The van der Waals surface area contributed by atoms with Crippen molar-refractivity contribution in [3.8, 4) is 0 Å². The number of piperidine rings is 1. The normalized spacial score (nSPS) is 18.1. The third kappa shape index (κ3) is 4.14. The molecular formula is C19H27N7O3. The average Bonchev–Trinajstić information content (AvgIpc) is 3.03. The molecule has 4 heterocycles. The first-order chi connectivity index (χ1) is 14.0. The molecule has 29 heavy (non-hydrogen) atoms. The summed E-state index contributed by atoms with van der Waals surface area (Å²) in [6.45, 7) is 3.15. The molecule has 10 heteroatoms. The van der Waals surface area contributed by atoms with Gasteiger partial charge in [-0.25, -0.2) is 4.68 Å². The molecule has 1 amide bonds. The number of fused-ring (bicyclic) bond motifs is 1. The van der Waals surface area contributed by atoms with E-state index in [0.717, 1.165) is 43.0 Å². The van der Waals surface area contributed by atoms with E-state index in [-0.39, 0.29) is 16.6 Å². The summed E-state index contributed by atoms with van der Waals surface area (Å²) in [7, 11) is 1.40. The van der Waals surface area contributed by atoms with E-state index in [2.05, 4.69) is 10.5 Å². The average molecular weight is 401 g/mol. The fourth-order valence-corrected chi connectivity index (χ4v) is 3.85. The van der Waals surface area contributed by atoms with Crippen LogP contribution < -0.4 is 21.1 Å². The van der Waals surface area contributed by atoms with E-state index in [9.17, 15) is 10.0 Å². The number of H-pyrrole nitrogens is 1. The van der Waals surface area contributed by atoms with Crippen molar-refractivity contribution < 1.29 is 14.7 Å². The smallest absolute Gasteiger partial charge is 0.270 e. The topological polar surface area (TPSA) is 117 Å². The van der Waals surface area contributed by atoms with Crippen LogP contribution in [0.4, 0.5) is 11.5 Å². The summed E-state index contributed by atoms with van der Waals surface area (Å²) < 4.78 is 7.08. The number of rotatable bonds is 4. The lowest BCUT2D eigenvalue weighted by atomic mass is 10.1. The van der Waals surface area contributed by atoms with Gasteiger partial charge in [0.05, 0.1) is 20.3 Å². The van der Waals surface area contributed by atoms with Gasteiger partial charge in [0, 0.05) is 43.1 Å². The third-order valence-electron chi connectivity index (χ3n) is 5.26. The number of amides is 1. The molecule has 1 fully saturated rings. The van der Waals surface area contributed by atoms with Gasteiger partial charge in [-0.1, -0.05) is 0 Å². The molecule has 0 saturated carbocycles. The first kappa shape index (κ1) is 19.5. The van der Waals surface area contributed by atoms with Gasteiger partial charge in [0.25, 0.3) is 5.91 Å². The second kappa shape index (κ2) is 8.27. The molecule has 156 valence electrons. The van der Waals surface area contributed by atoms with Crippen LogP contribution in [-0.4, -0.2) is 53.8 Å². The van der Waals surface area contributed by atoms with Crippen molar-refractivity contribution >= 4 is 17.4 Å². The molecule has 2 aromatic rings. The van der Waals surface area contributed by atoms with Crippen molar-refractivity contribution in [2.75, 3.05) is 43.7 Å². The number of nitrogens with one attached hydrogen (secondary N) is 4. The Labute approximate surface area is 168 Å². The quantitative estimate of drug-likeness (QED) is 0.541. The summed E-state index contributed by atoms with van der Waals surface area (Å²) in [5.41, 5.74) is 5.02. The van der Waals surface area contributed by atoms with Crippen molar-refractivity contribution in [2.45, 2.75) is 25.9 Å². The van der Waals surface area contributed by atoms with Gasteiger partial charge in [-0.3, -0.25) is 15.4 Å². The van der Waals surface area contributed by atoms with E-state index in [0.29, 0.717) is 25.5 Å². The Bertz CT molecular complexity index is 930. The Balaban J connectivity index is 1.63. The van der Waals surface area contributed by atoms with Gasteiger partial charge in [0.2, 0.25) is 0 Å². The molecule has 0 spiro atoms. The van der Waals surface area contributed by atoms with Gasteiger partial charge >= 0.3 is 0 Å². The third-order valence-corrected chi connectivity index (χ3v) is 5.26. The summed E-state index contributed by atoms with van der Waals surface area (Å²) in [6.07, 6.45) is 4.92. The number of aromatic amines is 1. The summed E-state index contributed by atoms with van der Waals surface area (Å²) in [4.78, 5) is 20.1. The molecule has 0 radical (unpaired) electrons. The number of quaternary nitrogens is 1. The molecule has 10 nitrogen and oxygen atoms in total. The molecule has 2 aromatic heterocycles. The first-order valence-electron chi connectivity index (χ1n) is 9.94. The van der Waals surface area contributed by atoms with Crippen LogP contribution in [0.3, 0.4) is 0 Å². The van der Waals surface area contributed by atoms with E-state index in [1.807, 2.05) is 21.9 Å². The Morgan fingerprint density at radius 2 is 2.07 bits per heavy atom. The monoisotopic (exact) mass is 401 g/mol. The number of hydroxylamine groups is 1. The predicted octanol–water partition coefficient (Wildman–Crippen LogP) is 0.0611. The second-order valence-electron chi connectivity index (χ2n) is 7.42. The minimum Gasteiger partial charge on any atom is -0.607 e. The van der Waals surface area contributed by atoms with Crippen LogP contribution >= 0.6 is 0 Å². The summed E-state index contributed by atoms with van der Waals surface area (Å²) in [5.74, 6) is 0.843. The number of ether oxygens (including phenoxy) is 1. The van der Waals surface area contributed by atoms with Crippen molar-refractivity contribution in [1.82, 2.24) is 14.6 Å². The molecule has 2 aliphatic rings. The van der Waals surface area contributed by atoms with Crippen LogP contribution in [0.5, 0.6) is 0 Å². The Kier molecular flexibility index (Phi) is 5.56. The molecule has 1 atom stereocenters. The number of hydrogen-bond acceptors (Lipinski definition) is 6. The lowest BCUT2D eigenvalue weighted by Crippen LogP contribution is -3.09. The van der Waals surface area contributed by atoms with E-state index >= 15 is 0 Å². The molecular weight excluding hydrogens is 374 g/mol. The number of carbonyl (C=O) groups is 1. The van der Waals surface area contributed by atoms with E-state index < -0.39 is 0 Å². The number of carbonyl (C=O) groups excluding carboxylic acids is 1. The molecule has 1 unspecified atom stereocenters. The lowest BCUT2D eigenvalue weighted by Gasteiger charge is -2.26. The highest BCUT2D eigenvalue weighted by Gasteiger charge is 2.25. The maximum Gasteiger partial charge on any atom is 0.270 e. The highest BCUT2D eigenvalue weighted by atomic mass is 16.5. The van der Waals surface area contributed by atoms with Crippen LogP contribution in [0.25, 0.3) is 0 Å². The van der Waals surface area contributed by atoms with Gasteiger partial charge in [-0.05, 0) is 31.4 Å². The molecule has 0 bridgehead atoms. The van der Waals surface area contributed by atoms with Crippen molar-refractivity contribution in [2.24, 2.45) is 0 Å². The highest BCUT2D eigenvalue weighted by Crippen LogP contribution is 2.31. The van der Waals surface area contributed by atoms with Crippen LogP contribution in [-0.2, 0) is 11.3 Å². The molecule has 4 N–H and O–H groups in total. The Morgan fingerprint density at radius 1 is 1.28 bits per heavy atom. The van der Waals surface area contributed by atoms with Crippen molar-refractivity contribution in [3.63, 3.8) is 0 Å². The first-order valence-corrected chi connectivity index (χ1v) is 9.94. The summed E-state index contributed by atoms with van der Waals surface area (Å²) in [6, 6.07) is 5.39. The molecule has 4 rings (SSSR count). The van der Waals surface area contributed by atoms with Gasteiger partial charge in [0.15, 0.2) is 0 Å². The van der Waals surface area contributed by atoms with E-state index in [1.165, 1.54) is 18.1 Å². The maximum atomic E-state index is 12.9. The van der Waals surface area contributed by atoms with Gasteiger partial charge in [0.1, 0.15) is 17.0 Å². The number of pyridine rings is 1. The second-order valence-corrected chi connectivity index (χ2v) is 7.42. The largest absolute Gasteiger partial charge is 0.607 e. The van der Waals surface area contributed by atoms with Crippen molar-refractivity contribution in [3.05, 3.63) is 46.3 Å². The fourth-order valence-electron chi connectivity index (χ4n) is 3.85. The zero-order chi connectivity index (χ0) is 20.4. The Morgan fingerprint density at radius 3 is 2.79 bits per heavy atom. The van der Waals surface area contributed by atoms with Crippen LogP contribution in [0, 0.1) is 10.6 Å². The molecule has 1 saturated heterocycles. The van der Waals surface area contributed by atoms with E-state index in [1.54, 1.807) is 12.3 Å². The maximum absolute atomic E-state index is 12.9. The predicted molar refractivity (Wildman–Crippen MR) is 107 cm³/mol. The number of anilines is 2. The zero-order valence-corrected chi connectivity index (χ0v) is 16.5. The minimum atomic E-state index is -0.244. The number of aromatic nitrogens is 2. The van der Waals surface area contributed by atoms with Gasteiger partial charge in [-0.15, -0.1) is 0 Å². The number of likely N-dealkylation sites (tertiary alicyclic amines) is 1. The van der Waals surface area contributed by atoms with Gasteiger partial charge in [-0.2, -0.15) is 5.53 Å². The Hall–Kier alpha value is -2.82. The van der Waals surface area contributed by atoms with Crippen LogP contribution in [0.15, 0.2) is 24.4 Å². The van der Waals surface area contributed by atoms with E-state index in [4.69, 9.17) is 10.1 Å². The lowest BCUT2D eigenvalue weighted by molar-refractivity contribution is -0.811. The van der Waals surface area contributed by atoms with Crippen molar-refractivity contribution in [1.29, 1.82) is 5.41 Å². The number of hydrogen-bond donors (Lipinski definition) is 4.